The average molecular weight is 384 g/mol. The Morgan fingerprint density at radius 1 is 0.571 bits per heavy atom. The fourth-order valence-electron chi connectivity index (χ4n) is 5.71. The lowest BCUT2D eigenvalue weighted by Crippen LogP contribution is -2.37. The molecule has 6 aliphatic rings. The van der Waals surface area contributed by atoms with Gasteiger partial charge in [0.1, 0.15) is 0 Å². The first-order valence-electron chi connectivity index (χ1n) is 9.94. The van der Waals surface area contributed by atoms with Crippen LogP contribution in [0.1, 0.15) is 12.8 Å². The Hall–Kier alpha value is -2.32. The van der Waals surface area contributed by atoms with Gasteiger partial charge in [0.2, 0.25) is 23.6 Å². The van der Waals surface area contributed by atoms with E-state index in [4.69, 9.17) is 9.47 Å². The van der Waals surface area contributed by atoms with Crippen molar-refractivity contribution >= 4 is 23.6 Å². The number of amides is 4. The Labute approximate surface area is 161 Å². The van der Waals surface area contributed by atoms with Crippen molar-refractivity contribution in [1.29, 1.82) is 0 Å². The van der Waals surface area contributed by atoms with Crippen LogP contribution in [0.3, 0.4) is 0 Å². The first kappa shape index (κ1) is 16.6. The van der Waals surface area contributed by atoms with E-state index in [1.54, 1.807) is 0 Å². The number of carbonyl (C=O) groups is 4. The molecule has 146 valence electrons. The van der Waals surface area contributed by atoms with Crippen molar-refractivity contribution in [1.82, 2.24) is 9.80 Å². The Bertz CT molecular complexity index is 735. The van der Waals surface area contributed by atoms with E-state index in [0.717, 1.165) is 0 Å². The predicted octanol–water partition coefficient (Wildman–Crippen LogP) is -0.357. The number of hydrogen-bond donors (Lipinski definition) is 0. The molecule has 8 unspecified atom stereocenters. The minimum Gasteiger partial charge on any atom is -0.365 e. The lowest BCUT2D eigenvalue weighted by molar-refractivity contribution is -0.144. The number of rotatable bonds is 5. The quantitative estimate of drug-likeness (QED) is 0.365. The summed E-state index contributed by atoms with van der Waals surface area (Å²) in [5, 5.41) is 0. The molecule has 0 aliphatic carbocycles. The van der Waals surface area contributed by atoms with E-state index in [0.29, 0.717) is 25.9 Å². The van der Waals surface area contributed by atoms with Gasteiger partial charge >= 0.3 is 0 Å². The van der Waals surface area contributed by atoms with Crippen LogP contribution in [-0.4, -0.2) is 70.9 Å². The molecule has 4 bridgehead atoms. The maximum absolute atomic E-state index is 12.6. The fourth-order valence-corrected chi connectivity index (χ4v) is 5.71. The molecule has 8 nitrogen and oxygen atoms in total. The van der Waals surface area contributed by atoms with E-state index in [1.807, 2.05) is 24.3 Å². The van der Waals surface area contributed by atoms with Gasteiger partial charge in [-0.3, -0.25) is 29.0 Å². The third-order valence-electron chi connectivity index (χ3n) is 7.02. The third-order valence-corrected chi connectivity index (χ3v) is 7.02. The normalized spacial score (nSPS) is 44.6. The van der Waals surface area contributed by atoms with Gasteiger partial charge in [-0.1, -0.05) is 24.3 Å². The molecule has 6 aliphatic heterocycles. The number of fused-ring (bicyclic) bond motifs is 10. The molecule has 28 heavy (non-hydrogen) atoms. The monoisotopic (exact) mass is 384 g/mol. The topological polar surface area (TPSA) is 93.2 Å². The Kier molecular flexibility index (Phi) is 3.33. The summed E-state index contributed by atoms with van der Waals surface area (Å²) in [7, 11) is 0. The van der Waals surface area contributed by atoms with Crippen LogP contribution in [0.25, 0.3) is 0 Å². The molecular formula is C20H20N2O6. The Morgan fingerprint density at radius 2 is 0.857 bits per heavy atom. The van der Waals surface area contributed by atoms with Crippen molar-refractivity contribution < 1.29 is 28.7 Å². The number of hydrogen-bond acceptors (Lipinski definition) is 6. The summed E-state index contributed by atoms with van der Waals surface area (Å²) in [6, 6.07) is 0. The van der Waals surface area contributed by atoms with E-state index < -0.39 is 0 Å². The number of unbranched alkanes of at least 4 members (excludes halogenated alkanes) is 1. The van der Waals surface area contributed by atoms with Crippen LogP contribution in [0.15, 0.2) is 24.3 Å². The van der Waals surface area contributed by atoms with Gasteiger partial charge in [-0.25, -0.2) is 0 Å². The van der Waals surface area contributed by atoms with Crippen molar-refractivity contribution in [3.8, 4) is 0 Å². The van der Waals surface area contributed by atoms with Crippen LogP contribution >= 0.6 is 0 Å². The molecule has 0 aromatic heterocycles. The van der Waals surface area contributed by atoms with Gasteiger partial charge in [0.25, 0.3) is 0 Å². The second-order valence-electron chi connectivity index (χ2n) is 8.37. The van der Waals surface area contributed by atoms with Gasteiger partial charge in [0.05, 0.1) is 48.1 Å². The van der Waals surface area contributed by atoms with E-state index >= 15 is 0 Å². The second-order valence-corrected chi connectivity index (χ2v) is 8.37. The highest BCUT2D eigenvalue weighted by molar-refractivity contribution is 6.07. The first-order chi connectivity index (χ1) is 13.6. The van der Waals surface area contributed by atoms with Crippen molar-refractivity contribution in [3.05, 3.63) is 24.3 Å². The second kappa shape index (κ2) is 5.61. The molecule has 4 fully saturated rings. The van der Waals surface area contributed by atoms with Gasteiger partial charge in [0.15, 0.2) is 0 Å². The smallest absolute Gasteiger partial charge is 0.236 e. The number of nitrogens with zero attached hydrogens (tertiary/aromatic N) is 2. The molecular weight excluding hydrogens is 364 g/mol. The van der Waals surface area contributed by atoms with E-state index in [9.17, 15) is 19.2 Å². The minimum atomic E-state index is -0.383. The van der Waals surface area contributed by atoms with Crippen LogP contribution in [0, 0.1) is 23.7 Å². The summed E-state index contributed by atoms with van der Waals surface area (Å²) in [6.45, 7) is 0.645. The van der Waals surface area contributed by atoms with E-state index in [2.05, 4.69) is 0 Å². The van der Waals surface area contributed by atoms with Crippen LogP contribution in [0.2, 0.25) is 0 Å². The van der Waals surface area contributed by atoms with Crippen LogP contribution in [0.4, 0.5) is 0 Å². The van der Waals surface area contributed by atoms with Gasteiger partial charge < -0.3 is 9.47 Å². The lowest BCUT2D eigenvalue weighted by atomic mass is 9.85. The summed E-state index contributed by atoms with van der Waals surface area (Å²) < 4.78 is 11.3. The van der Waals surface area contributed by atoms with Crippen LogP contribution in [-0.2, 0) is 28.7 Å². The number of imide groups is 2. The van der Waals surface area contributed by atoms with Crippen molar-refractivity contribution in [2.75, 3.05) is 13.1 Å². The van der Waals surface area contributed by atoms with Crippen molar-refractivity contribution in [2.24, 2.45) is 23.7 Å². The van der Waals surface area contributed by atoms with Crippen molar-refractivity contribution in [3.63, 3.8) is 0 Å². The summed E-state index contributed by atoms with van der Waals surface area (Å²) in [4.78, 5) is 53.1. The maximum Gasteiger partial charge on any atom is 0.236 e. The van der Waals surface area contributed by atoms with E-state index in [1.165, 1.54) is 9.80 Å². The molecule has 4 saturated heterocycles. The highest BCUT2D eigenvalue weighted by atomic mass is 16.5. The highest BCUT2D eigenvalue weighted by Crippen LogP contribution is 2.46. The van der Waals surface area contributed by atoms with Gasteiger partial charge in [-0.2, -0.15) is 0 Å². The van der Waals surface area contributed by atoms with Crippen LogP contribution < -0.4 is 0 Å². The zero-order valence-electron chi connectivity index (χ0n) is 15.1. The number of carbonyl (C=O) groups excluding carboxylic acids is 4. The summed E-state index contributed by atoms with van der Waals surface area (Å²) in [5.41, 5.74) is 0. The molecule has 4 amide bonds. The molecule has 0 saturated carbocycles. The average Bonchev–Trinajstić information content (AvgIpc) is 3.49. The molecule has 0 N–H and O–H groups in total. The molecule has 8 heteroatoms. The number of ether oxygens (including phenoxy) is 2. The molecule has 0 aromatic rings. The summed E-state index contributed by atoms with van der Waals surface area (Å²) in [5.74, 6) is -2.16. The third kappa shape index (κ3) is 1.97. The highest BCUT2D eigenvalue weighted by Gasteiger charge is 2.61. The molecule has 0 spiro atoms. The van der Waals surface area contributed by atoms with Gasteiger partial charge in [-0.05, 0) is 12.8 Å². The molecule has 6 rings (SSSR count). The number of likely N-dealkylation sites (tertiary alicyclic amines) is 2. The summed E-state index contributed by atoms with van der Waals surface area (Å²) >= 11 is 0. The molecule has 8 atom stereocenters. The first-order valence-corrected chi connectivity index (χ1v) is 9.94. The maximum atomic E-state index is 12.6. The fraction of sp³-hybridized carbons (Fsp3) is 0.600. The van der Waals surface area contributed by atoms with Crippen molar-refractivity contribution in [2.45, 2.75) is 37.3 Å². The van der Waals surface area contributed by atoms with Crippen LogP contribution in [0.5, 0.6) is 0 Å². The largest absolute Gasteiger partial charge is 0.365 e. The van der Waals surface area contributed by atoms with Gasteiger partial charge in [-0.15, -0.1) is 0 Å². The standard InChI is InChI=1S/C20H20N2O6/c23-17-13-9-3-4-10(27-9)14(13)18(24)21(17)7-1-2-8-22-19(25)15-11-5-6-12(28-11)16(15)20(22)26/h3-6,9-16H,1-2,7-8H2. The van der Waals surface area contributed by atoms with Gasteiger partial charge in [0, 0.05) is 13.1 Å². The zero-order chi connectivity index (χ0) is 19.2. The summed E-state index contributed by atoms with van der Waals surface area (Å²) in [6.07, 6.45) is 7.50. The SMILES string of the molecule is O=C1C2C3C=CC(O3)C2C(=O)N1CCCCN1C(=O)C2C3C=CC(O3)C2C1=O. The Morgan fingerprint density at radius 3 is 1.14 bits per heavy atom. The Balaban J connectivity index is 1.05. The minimum absolute atomic E-state index is 0.158. The zero-order valence-corrected chi connectivity index (χ0v) is 15.1. The molecule has 0 aromatic carbocycles. The predicted molar refractivity (Wildman–Crippen MR) is 92.2 cm³/mol. The lowest BCUT2D eigenvalue weighted by Gasteiger charge is -2.19. The van der Waals surface area contributed by atoms with E-state index in [-0.39, 0.29) is 71.7 Å². The molecule has 6 heterocycles. The molecule has 0 radical (unpaired) electrons.